The molecule has 168 valence electrons. The molecule has 0 bridgehead atoms. The van der Waals surface area contributed by atoms with E-state index in [1.54, 1.807) is 18.2 Å². The van der Waals surface area contributed by atoms with Crippen molar-refractivity contribution >= 4 is 25.2 Å². The van der Waals surface area contributed by atoms with E-state index >= 15 is 4.39 Å². The van der Waals surface area contributed by atoms with E-state index < -0.39 is 43.9 Å². The standard InChI is InChI=1S/C17H18ClFN3O8P/c1-16(22-6-10(18)14(20)21-15(22)25)12(23)13(24)17(19,30-16)8-28-31(26)27-7-9-4-2-3-5-11(9)29-31/h2-6,12-13,23-24H,7-8H2,1H3,(H2,20,21,25)/t12-,13+,16-,17-,31?/m1/s1. The molecule has 0 amide bonds. The monoisotopic (exact) mass is 477 g/mol. The van der Waals surface area contributed by atoms with Crippen molar-refractivity contribution in [2.45, 2.75) is 37.3 Å². The predicted octanol–water partition coefficient (Wildman–Crippen LogP) is 1.30. The van der Waals surface area contributed by atoms with E-state index in [4.69, 9.17) is 35.6 Å². The van der Waals surface area contributed by atoms with Crippen molar-refractivity contribution < 1.29 is 37.5 Å². The van der Waals surface area contributed by atoms with Gasteiger partial charge in [0.15, 0.2) is 5.72 Å². The maximum absolute atomic E-state index is 15.5. The molecule has 2 aliphatic rings. The quantitative estimate of drug-likeness (QED) is 0.548. The smallest absolute Gasteiger partial charge is 0.404 e. The summed E-state index contributed by atoms with van der Waals surface area (Å²) in [6, 6.07) is 6.58. The van der Waals surface area contributed by atoms with Crippen molar-refractivity contribution in [3.05, 3.63) is 51.5 Å². The molecule has 1 fully saturated rings. The zero-order valence-corrected chi connectivity index (χ0v) is 17.6. The molecular weight excluding hydrogens is 460 g/mol. The zero-order chi connectivity index (χ0) is 22.6. The molecular formula is C17H18ClFN3O8P. The summed E-state index contributed by atoms with van der Waals surface area (Å²) >= 11 is 5.87. The van der Waals surface area contributed by atoms with E-state index in [0.717, 1.165) is 13.1 Å². The van der Waals surface area contributed by atoms with Crippen LogP contribution >= 0.6 is 19.4 Å². The maximum atomic E-state index is 15.5. The average Bonchev–Trinajstić information content (AvgIpc) is 2.90. The van der Waals surface area contributed by atoms with Crippen LogP contribution in [0.5, 0.6) is 5.75 Å². The number of phosphoric acid groups is 1. The molecule has 1 unspecified atom stereocenters. The minimum atomic E-state index is -4.26. The second-order valence-electron chi connectivity index (χ2n) is 7.15. The summed E-state index contributed by atoms with van der Waals surface area (Å²) in [5.41, 5.74) is 2.92. The van der Waals surface area contributed by atoms with Gasteiger partial charge in [-0.15, -0.1) is 0 Å². The number of nitrogens with two attached hydrogens (primary N) is 1. The lowest BCUT2D eigenvalue weighted by Crippen LogP contribution is -2.48. The molecule has 0 aliphatic carbocycles. The Bertz CT molecular complexity index is 1130. The molecule has 3 heterocycles. The van der Waals surface area contributed by atoms with Gasteiger partial charge in [0.25, 0.3) is 5.85 Å². The Morgan fingerprint density at radius 2 is 2.13 bits per heavy atom. The molecule has 0 radical (unpaired) electrons. The number of hydrogen-bond acceptors (Lipinski definition) is 10. The molecule has 0 saturated carbocycles. The van der Waals surface area contributed by atoms with Gasteiger partial charge in [-0.2, -0.15) is 4.98 Å². The average molecular weight is 478 g/mol. The number of ether oxygens (including phenoxy) is 1. The summed E-state index contributed by atoms with van der Waals surface area (Å²) < 4.78 is 49.5. The Morgan fingerprint density at radius 1 is 1.42 bits per heavy atom. The van der Waals surface area contributed by atoms with Crippen LogP contribution in [0.2, 0.25) is 5.02 Å². The molecule has 4 rings (SSSR count). The third-order valence-electron chi connectivity index (χ3n) is 5.03. The first-order valence-electron chi connectivity index (χ1n) is 8.94. The van der Waals surface area contributed by atoms with Gasteiger partial charge in [-0.05, 0) is 13.0 Å². The number of hydrogen-bond donors (Lipinski definition) is 3. The number of para-hydroxylation sites is 1. The van der Waals surface area contributed by atoms with Gasteiger partial charge in [0, 0.05) is 11.8 Å². The normalized spacial score (nSPS) is 34.9. The molecule has 0 spiro atoms. The van der Waals surface area contributed by atoms with Crippen LogP contribution in [0.25, 0.3) is 0 Å². The van der Waals surface area contributed by atoms with Gasteiger partial charge < -0.3 is 25.2 Å². The number of halogens is 2. The van der Waals surface area contributed by atoms with Gasteiger partial charge >= 0.3 is 13.5 Å². The second kappa shape index (κ2) is 7.52. The molecule has 14 heteroatoms. The highest BCUT2D eigenvalue weighted by molar-refractivity contribution is 7.49. The van der Waals surface area contributed by atoms with Crippen molar-refractivity contribution in [1.82, 2.24) is 9.55 Å². The fraction of sp³-hybridized carbons (Fsp3) is 0.412. The van der Waals surface area contributed by atoms with Crippen LogP contribution in [0, 0.1) is 0 Å². The number of anilines is 1. The summed E-state index contributed by atoms with van der Waals surface area (Å²) in [6.45, 7) is -0.129. The summed E-state index contributed by atoms with van der Waals surface area (Å²) in [4.78, 5) is 15.7. The van der Waals surface area contributed by atoms with Crippen LogP contribution in [0.15, 0.2) is 35.3 Å². The third kappa shape index (κ3) is 3.74. The van der Waals surface area contributed by atoms with E-state index in [-0.39, 0.29) is 23.2 Å². The van der Waals surface area contributed by atoms with Crippen LogP contribution < -0.4 is 15.9 Å². The first kappa shape index (κ1) is 22.2. The number of phosphoric ester groups is 1. The molecule has 1 saturated heterocycles. The lowest BCUT2D eigenvalue weighted by Gasteiger charge is -2.31. The van der Waals surface area contributed by atoms with Gasteiger partial charge in [0.1, 0.15) is 30.4 Å². The number of nitrogens with zero attached hydrogens (tertiary/aromatic N) is 2. The van der Waals surface area contributed by atoms with E-state index in [0.29, 0.717) is 10.1 Å². The Kier molecular flexibility index (Phi) is 5.38. The summed E-state index contributed by atoms with van der Waals surface area (Å²) in [5.74, 6) is -3.14. The lowest BCUT2D eigenvalue weighted by molar-refractivity contribution is -0.238. The maximum Gasteiger partial charge on any atom is 0.530 e. The van der Waals surface area contributed by atoms with Crippen molar-refractivity contribution in [1.29, 1.82) is 0 Å². The van der Waals surface area contributed by atoms with Gasteiger partial charge in [-0.3, -0.25) is 13.6 Å². The lowest BCUT2D eigenvalue weighted by atomic mass is 10.0. The number of aromatic nitrogens is 2. The van der Waals surface area contributed by atoms with Crippen LogP contribution in [0.3, 0.4) is 0 Å². The van der Waals surface area contributed by atoms with E-state index in [2.05, 4.69) is 4.98 Å². The number of benzene rings is 1. The minimum absolute atomic E-state index is 0.110. The fourth-order valence-electron chi connectivity index (χ4n) is 3.30. The molecule has 4 N–H and O–H groups in total. The molecule has 5 atom stereocenters. The summed E-state index contributed by atoms with van der Waals surface area (Å²) in [7, 11) is -4.26. The van der Waals surface area contributed by atoms with E-state index in [1.807, 2.05) is 0 Å². The number of nitrogen functional groups attached to an aromatic ring is 1. The molecule has 1 aromatic carbocycles. The van der Waals surface area contributed by atoms with Crippen molar-refractivity contribution in [2.75, 3.05) is 12.3 Å². The largest absolute Gasteiger partial charge is 0.530 e. The Hall–Kier alpha value is -2.05. The third-order valence-corrected chi connectivity index (χ3v) is 6.64. The number of fused-ring (bicyclic) bond motifs is 1. The SMILES string of the molecule is C[C@@]1(n2cc(Cl)c(N)nc2=O)O[C@](F)(COP2(=O)OCc3ccccc3O2)[C@@H](O)[C@H]1O. The first-order chi connectivity index (χ1) is 14.5. The Morgan fingerprint density at radius 3 is 2.87 bits per heavy atom. The Labute approximate surface area is 179 Å². The van der Waals surface area contributed by atoms with Gasteiger partial charge in [-0.25, -0.2) is 13.8 Å². The van der Waals surface area contributed by atoms with Gasteiger partial charge in [0.05, 0.1) is 11.6 Å². The minimum Gasteiger partial charge on any atom is -0.404 e. The zero-order valence-electron chi connectivity index (χ0n) is 16.0. The number of aliphatic hydroxyl groups is 2. The van der Waals surface area contributed by atoms with Crippen molar-refractivity contribution in [2.24, 2.45) is 0 Å². The predicted molar refractivity (Wildman–Crippen MR) is 104 cm³/mol. The molecule has 1 aromatic heterocycles. The first-order valence-corrected chi connectivity index (χ1v) is 10.8. The summed E-state index contributed by atoms with van der Waals surface area (Å²) in [6.07, 6.45) is -3.18. The van der Waals surface area contributed by atoms with E-state index in [9.17, 15) is 19.6 Å². The molecule has 11 nitrogen and oxygen atoms in total. The number of rotatable bonds is 4. The number of alkyl halides is 1. The van der Waals surface area contributed by atoms with Crippen molar-refractivity contribution in [3.8, 4) is 5.75 Å². The topological polar surface area (TPSA) is 155 Å². The van der Waals surface area contributed by atoms with Crippen LogP contribution in [0.4, 0.5) is 10.2 Å². The van der Waals surface area contributed by atoms with Crippen LogP contribution in [-0.4, -0.2) is 44.4 Å². The van der Waals surface area contributed by atoms with E-state index in [1.165, 1.54) is 6.07 Å². The van der Waals surface area contributed by atoms with Gasteiger partial charge in [0.2, 0.25) is 0 Å². The van der Waals surface area contributed by atoms with Gasteiger partial charge in [-0.1, -0.05) is 29.8 Å². The van der Waals surface area contributed by atoms with Crippen LogP contribution in [-0.2, 0) is 30.7 Å². The highest BCUT2D eigenvalue weighted by Gasteiger charge is 2.63. The molecule has 2 aromatic rings. The molecule has 31 heavy (non-hydrogen) atoms. The highest BCUT2D eigenvalue weighted by Crippen LogP contribution is 2.56. The molecule has 2 aliphatic heterocycles. The number of aliphatic hydroxyl groups excluding tert-OH is 2. The Balaban J connectivity index is 1.57. The van der Waals surface area contributed by atoms with Crippen LogP contribution in [0.1, 0.15) is 12.5 Å². The second-order valence-corrected chi connectivity index (χ2v) is 9.15. The summed E-state index contributed by atoms with van der Waals surface area (Å²) in [5, 5.41) is 20.6. The fourth-order valence-corrected chi connectivity index (χ4v) is 4.67. The highest BCUT2D eigenvalue weighted by atomic mass is 35.5. The van der Waals surface area contributed by atoms with Crippen molar-refractivity contribution in [3.63, 3.8) is 0 Å².